The van der Waals surface area contributed by atoms with Crippen LogP contribution in [0.3, 0.4) is 0 Å². The lowest BCUT2D eigenvalue weighted by atomic mass is 9.93. The Bertz CT molecular complexity index is 666. The Labute approximate surface area is 155 Å². The van der Waals surface area contributed by atoms with Crippen molar-refractivity contribution in [1.29, 1.82) is 0 Å². The number of nitrogens with zero attached hydrogens (tertiary/aromatic N) is 3. The van der Waals surface area contributed by atoms with Crippen LogP contribution in [0.15, 0.2) is 6.07 Å². The van der Waals surface area contributed by atoms with Gasteiger partial charge in [0.25, 0.3) is 0 Å². The van der Waals surface area contributed by atoms with Crippen LogP contribution in [-0.2, 0) is 16.0 Å². The molecular formula is C20H31N3O3. The normalized spacial score (nSPS) is 22.1. The van der Waals surface area contributed by atoms with Crippen LogP contribution >= 0.6 is 0 Å². The van der Waals surface area contributed by atoms with Crippen LogP contribution < -0.4 is 0 Å². The average molecular weight is 361 g/mol. The molecule has 1 saturated carbocycles. The summed E-state index contributed by atoms with van der Waals surface area (Å²) in [6.07, 6.45) is 4.72. The van der Waals surface area contributed by atoms with Crippen LogP contribution in [0.1, 0.15) is 83.1 Å². The van der Waals surface area contributed by atoms with Gasteiger partial charge in [0.15, 0.2) is 0 Å². The van der Waals surface area contributed by atoms with Gasteiger partial charge >= 0.3 is 6.09 Å². The van der Waals surface area contributed by atoms with Gasteiger partial charge in [0.1, 0.15) is 11.4 Å². The van der Waals surface area contributed by atoms with E-state index in [9.17, 15) is 9.59 Å². The predicted octanol–water partition coefficient (Wildman–Crippen LogP) is 3.85. The summed E-state index contributed by atoms with van der Waals surface area (Å²) >= 11 is 0. The van der Waals surface area contributed by atoms with E-state index in [0.29, 0.717) is 37.6 Å². The molecule has 26 heavy (non-hydrogen) atoms. The third kappa shape index (κ3) is 4.27. The lowest BCUT2D eigenvalue weighted by Crippen LogP contribution is -2.41. The van der Waals surface area contributed by atoms with Gasteiger partial charge in [-0.15, -0.1) is 0 Å². The average Bonchev–Trinajstić information content (AvgIpc) is 3.19. The van der Waals surface area contributed by atoms with Crippen LogP contribution in [0.4, 0.5) is 4.79 Å². The molecule has 1 atom stereocenters. The summed E-state index contributed by atoms with van der Waals surface area (Å²) in [4.78, 5) is 25.7. The molecule has 0 aromatic carbocycles. The maximum Gasteiger partial charge on any atom is 0.410 e. The number of hydrogen-bond donors (Lipinski definition) is 0. The maximum absolute atomic E-state index is 12.2. The Morgan fingerprint density at radius 1 is 1.27 bits per heavy atom. The Morgan fingerprint density at radius 2 is 1.96 bits per heavy atom. The van der Waals surface area contributed by atoms with E-state index in [-0.39, 0.29) is 12.1 Å². The van der Waals surface area contributed by atoms with Crippen molar-refractivity contribution in [3.05, 3.63) is 17.5 Å². The number of likely N-dealkylation sites (tertiary alicyclic amines) is 1. The number of hydrogen-bond acceptors (Lipinski definition) is 4. The molecule has 0 bridgehead atoms. The molecule has 6 heteroatoms. The quantitative estimate of drug-likeness (QED) is 0.820. The number of rotatable bonds is 3. The number of ether oxygens (including phenoxy) is 1. The minimum Gasteiger partial charge on any atom is -0.444 e. The topological polar surface area (TPSA) is 64.4 Å². The number of amides is 1. The molecule has 0 spiro atoms. The van der Waals surface area contributed by atoms with Crippen molar-refractivity contribution in [2.75, 3.05) is 13.1 Å². The number of aromatic nitrogens is 2. The fourth-order valence-electron chi connectivity index (χ4n) is 3.92. The molecule has 0 radical (unpaired) electrons. The number of piperidine rings is 1. The van der Waals surface area contributed by atoms with Crippen molar-refractivity contribution >= 4 is 11.9 Å². The molecule has 1 aliphatic carbocycles. The molecule has 2 heterocycles. The highest BCUT2D eigenvalue weighted by Gasteiger charge is 2.31. The number of ketones is 1. The molecule has 1 amide bonds. The zero-order chi connectivity index (χ0) is 18.9. The van der Waals surface area contributed by atoms with Gasteiger partial charge in [-0.2, -0.15) is 5.10 Å². The van der Waals surface area contributed by atoms with Gasteiger partial charge in [-0.05, 0) is 52.5 Å². The molecule has 3 rings (SSSR count). The van der Waals surface area contributed by atoms with Crippen molar-refractivity contribution in [3.8, 4) is 0 Å². The molecule has 1 saturated heterocycles. The minimum absolute atomic E-state index is 0.222. The van der Waals surface area contributed by atoms with E-state index in [0.717, 1.165) is 31.4 Å². The van der Waals surface area contributed by atoms with E-state index in [1.54, 1.807) is 4.90 Å². The first kappa shape index (κ1) is 18.9. The smallest absolute Gasteiger partial charge is 0.410 e. The highest BCUT2D eigenvalue weighted by Crippen LogP contribution is 2.32. The lowest BCUT2D eigenvalue weighted by molar-refractivity contribution is -0.117. The predicted molar refractivity (Wildman–Crippen MR) is 99.3 cm³/mol. The highest BCUT2D eigenvalue weighted by molar-refractivity contribution is 5.80. The largest absolute Gasteiger partial charge is 0.444 e. The first-order valence-corrected chi connectivity index (χ1v) is 9.84. The van der Waals surface area contributed by atoms with E-state index in [4.69, 9.17) is 9.84 Å². The second-order valence-electron chi connectivity index (χ2n) is 8.54. The van der Waals surface area contributed by atoms with Gasteiger partial charge in [0.05, 0.1) is 11.7 Å². The van der Waals surface area contributed by atoms with Gasteiger partial charge in [0.2, 0.25) is 0 Å². The fourth-order valence-corrected chi connectivity index (χ4v) is 3.92. The molecule has 6 nitrogen and oxygen atoms in total. The van der Waals surface area contributed by atoms with Gasteiger partial charge in [-0.3, -0.25) is 9.48 Å². The van der Waals surface area contributed by atoms with Crippen LogP contribution in [0.5, 0.6) is 0 Å². The Balaban J connectivity index is 1.63. The van der Waals surface area contributed by atoms with Crippen molar-refractivity contribution in [2.24, 2.45) is 0 Å². The summed E-state index contributed by atoms with van der Waals surface area (Å²) in [7, 11) is 0. The van der Waals surface area contributed by atoms with E-state index in [1.165, 1.54) is 5.69 Å². The second kappa shape index (κ2) is 7.41. The molecule has 1 aromatic rings. The van der Waals surface area contributed by atoms with Gasteiger partial charge in [-0.1, -0.05) is 6.92 Å². The van der Waals surface area contributed by atoms with Gasteiger partial charge in [0, 0.05) is 37.5 Å². The summed E-state index contributed by atoms with van der Waals surface area (Å²) in [6, 6.07) is 2.43. The summed E-state index contributed by atoms with van der Waals surface area (Å²) in [5, 5.41) is 4.88. The number of carbonyl (C=O) groups is 2. The molecular weight excluding hydrogens is 330 g/mol. The summed E-state index contributed by atoms with van der Waals surface area (Å²) in [6.45, 7) is 9.23. The molecule has 144 valence electrons. The van der Waals surface area contributed by atoms with Crippen LogP contribution in [-0.4, -0.2) is 45.2 Å². The molecule has 1 aromatic heterocycles. The van der Waals surface area contributed by atoms with Crippen molar-refractivity contribution < 1.29 is 14.3 Å². The molecule has 2 fully saturated rings. The Kier molecular flexibility index (Phi) is 5.39. The van der Waals surface area contributed by atoms with E-state index < -0.39 is 5.60 Å². The summed E-state index contributed by atoms with van der Waals surface area (Å²) in [5.74, 6) is 0.720. The number of carbonyl (C=O) groups excluding carboxylic acids is 2. The van der Waals surface area contributed by atoms with Crippen molar-refractivity contribution in [3.63, 3.8) is 0 Å². The molecule has 1 unspecified atom stereocenters. The minimum atomic E-state index is -0.457. The maximum atomic E-state index is 12.2. The third-order valence-corrected chi connectivity index (χ3v) is 5.32. The summed E-state index contributed by atoms with van der Waals surface area (Å²) in [5.41, 5.74) is 1.88. The number of aryl methyl sites for hydroxylation is 1. The molecule has 2 aliphatic rings. The fraction of sp³-hybridized carbons (Fsp3) is 0.750. The van der Waals surface area contributed by atoms with Gasteiger partial charge in [-0.25, -0.2) is 4.79 Å². The van der Waals surface area contributed by atoms with Crippen LogP contribution in [0.2, 0.25) is 0 Å². The first-order valence-electron chi connectivity index (χ1n) is 9.84. The summed E-state index contributed by atoms with van der Waals surface area (Å²) < 4.78 is 7.57. The number of Topliss-reactive ketones (excluding diaryl/α,β-unsaturated/α-hetero) is 1. The van der Waals surface area contributed by atoms with Crippen LogP contribution in [0.25, 0.3) is 0 Å². The Morgan fingerprint density at radius 3 is 2.50 bits per heavy atom. The third-order valence-electron chi connectivity index (χ3n) is 5.32. The van der Waals surface area contributed by atoms with Crippen molar-refractivity contribution in [1.82, 2.24) is 14.7 Å². The Hall–Kier alpha value is -1.85. The van der Waals surface area contributed by atoms with Crippen LogP contribution in [0, 0.1) is 0 Å². The SMILES string of the molecule is CCc1cc(C2CCN(C(=O)OC(C)(C)C)CC2)nn1C1CCC(=O)C1. The van der Waals surface area contributed by atoms with Crippen molar-refractivity contribution in [2.45, 2.75) is 83.8 Å². The standard InChI is InChI=1S/C20H31N3O3/c1-5-15-13-18(21-23(15)16-6-7-17(24)12-16)14-8-10-22(11-9-14)19(25)26-20(2,3)4/h13-14,16H,5-12H2,1-4H3. The van der Waals surface area contributed by atoms with E-state index in [1.807, 2.05) is 20.8 Å². The molecule has 0 N–H and O–H groups in total. The van der Waals surface area contributed by atoms with E-state index in [2.05, 4.69) is 17.7 Å². The molecule has 1 aliphatic heterocycles. The monoisotopic (exact) mass is 361 g/mol. The zero-order valence-corrected chi connectivity index (χ0v) is 16.5. The lowest BCUT2D eigenvalue weighted by Gasteiger charge is -2.32. The second-order valence-corrected chi connectivity index (χ2v) is 8.54. The van der Waals surface area contributed by atoms with Gasteiger partial charge < -0.3 is 9.64 Å². The zero-order valence-electron chi connectivity index (χ0n) is 16.5. The van der Waals surface area contributed by atoms with E-state index >= 15 is 0 Å². The first-order chi connectivity index (χ1) is 12.3. The highest BCUT2D eigenvalue weighted by atomic mass is 16.6.